The van der Waals surface area contributed by atoms with E-state index in [-0.39, 0.29) is 11.8 Å². The van der Waals surface area contributed by atoms with Crippen molar-refractivity contribution in [1.82, 2.24) is 0 Å². The third kappa shape index (κ3) is 4.11. The molecule has 2 aromatic carbocycles. The first-order valence-electron chi connectivity index (χ1n) is 8.41. The summed E-state index contributed by atoms with van der Waals surface area (Å²) in [6.07, 6.45) is 2.29. The van der Waals surface area contributed by atoms with E-state index in [1.54, 1.807) is 60.7 Å². The lowest BCUT2D eigenvalue weighted by molar-refractivity contribution is 0.0983. The highest BCUT2D eigenvalue weighted by molar-refractivity contribution is 6.30. The number of hydrogen-bond donors (Lipinski definition) is 0. The molecule has 0 fully saturated rings. The van der Waals surface area contributed by atoms with Gasteiger partial charge in [0.25, 0.3) is 5.91 Å². The van der Waals surface area contributed by atoms with Gasteiger partial charge in [-0.2, -0.15) is 5.26 Å². The number of furan rings is 1. The van der Waals surface area contributed by atoms with Crippen molar-refractivity contribution in [3.05, 3.63) is 89.5 Å². The second kappa shape index (κ2) is 8.39. The van der Waals surface area contributed by atoms with Gasteiger partial charge in [-0.3, -0.25) is 9.69 Å². The molecule has 0 aliphatic carbocycles. The molecule has 1 heterocycles. The Hall–Kier alpha value is -3.29. The smallest absolute Gasteiger partial charge is 0.260 e. The quantitative estimate of drug-likeness (QED) is 0.519. The second-order valence-corrected chi connectivity index (χ2v) is 6.28. The molecule has 0 saturated carbocycles. The molecule has 0 atom stereocenters. The number of carbonyl (C=O) groups excluding carboxylic acids is 1. The van der Waals surface area contributed by atoms with Gasteiger partial charge < -0.3 is 4.42 Å². The van der Waals surface area contributed by atoms with Crippen molar-refractivity contribution < 1.29 is 9.21 Å². The topological polar surface area (TPSA) is 57.2 Å². The minimum absolute atomic E-state index is 0.231. The van der Waals surface area contributed by atoms with Gasteiger partial charge in [0.15, 0.2) is 0 Å². The molecule has 0 N–H and O–H groups in total. The second-order valence-electron chi connectivity index (χ2n) is 5.85. The first-order valence-corrected chi connectivity index (χ1v) is 8.79. The molecular formula is C22H17ClN2O2. The Bertz CT molecular complexity index is 985. The van der Waals surface area contributed by atoms with Crippen molar-refractivity contribution in [1.29, 1.82) is 5.26 Å². The molecule has 0 unspecified atom stereocenters. The highest BCUT2D eigenvalue weighted by Crippen LogP contribution is 2.33. The van der Waals surface area contributed by atoms with E-state index in [1.807, 2.05) is 6.07 Å². The maximum absolute atomic E-state index is 13.0. The summed E-state index contributed by atoms with van der Waals surface area (Å²) >= 11 is 5.93. The van der Waals surface area contributed by atoms with E-state index in [2.05, 4.69) is 12.6 Å². The predicted molar refractivity (Wildman–Crippen MR) is 107 cm³/mol. The average molecular weight is 377 g/mol. The van der Waals surface area contributed by atoms with E-state index in [0.717, 1.165) is 5.56 Å². The summed E-state index contributed by atoms with van der Waals surface area (Å²) in [6, 6.07) is 19.8. The fourth-order valence-corrected chi connectivity index (χ4v) is 2.80. The highest BCUT2D eigenvalue weighted by atomic mass is 35.5. The van der Waals surface area contributed by atoms with Crippen molar-refractivity contribution in [3.63, 3.8) is 0 Å². The Kier molecular flexibility index (Phi) is 5.75. The molecular weight excluding hydrogens is 360 g/mol. The molecule has 134 valence electrons. The summed E-state index contributed by atoms with van der Waals surface area (Å²) in [7, 11) is 0. The summed E-state index contributed by atoms with van der Waals surface area (Å²) in [5, 5.41) is 10.2. The molecule has 0 radical (unpaired) electrons. The van der Waals surface area contributed by atoms with Crippen LogP contribution >= 0.6 is 11.6 Å². The third-order valence-corrected chi connectivity index (χ3v) is 4.28. The van der Waals surface area contributed by atoms with Crippen LogP contribution in [0.3, 0.4) is 0 Å². The molecule has 5 heteroatoms. The number of amides is 1. The predicted octanol–water partition coefficient (Wildman–Crippen LogP) is 5.69. The van der Waals surface area contributed by atoms with Crippen LogP contribution in [0.4, 0.5) is 5.88 Å². The van der Waals surface area contributed by atoms with Crippen LogP contribution < -0.4 is 4.90 Å². The first-order chi connectivity index (χ1) is 13.1. The number of nitriles is 1. The van der Waals surface area contributed by atoms with Crippen LogP contribution in [0.25, 0.3) is 11.3 Å². The molecule has 0 aliphatic heterocycles. The van der Waals surface area contributed by atoms with Gasteiger partial charge in [0.1, 0.15) is 17.4 Å². The molecule has 4 nitrogen and oxygen atoms in total. The van der Waals surface area contributed by atoms with E-state index in [1.165, 1.54) is 4.90 Å². The Labute approximate surface area is 162 Å². The van der Waals surface area contributed by atoms with E-state index in [9.17, 15) is 10.1 Å². The van der Waals surface area contributed by atoms with Gasteiger partial charge in [-0.05, 0) is 42.8 Å². The van der Waals surface area contributed by atoms with Gasteiger partial charge in [-0.15, -0.1) is 6.58 Å². The van der Waals surface area contributed by atoms with Crippen LogP contribution in [0.15, 0.2) is 77.7 Å². The lowest BCUT2D eigenvalue weighted by Crippen LogP contribution is -2.32. The molecule has 27 heavy (non-hydrogen) atoms. The van der Waals surface area contributed by atoms with Crippen molar-refractivity contribution >= 4 is 23.4 Å². The number of anilines is 1. The minimum atomic E-state index is -0.231. The molecule has 1 amide bonds. The molecule has 1 aromatic heterocycles. The Morgan fingerprint density at radius 3 is 2.52 bits per heavy atom. The van der Waals surface area contributed by atoms with Crippen molar-refractivity contribution in [2.75, 3.05) is 11.4 Å². The van der Waals surface area contributed by atoms with Gasteiger partial charge in [0.2, 0.25) is 5.88 Å². The Morgan fingerprint density at radius 2 is 1.89 bits per heavy atom. The number of benzene rings is 2. The zero-order valence-corrected chi connectivity index (χ0v) is 15.3. The van der Waals surface area contributed by atoms with Gasteiger partial charge in [-0.25, -0.2) is 0 Å². The van der Waals surface area contributed by atoms with Gasteiger partial charge in [0, 0.05) is 28.8 Å². The van der Waals surface area contributed by atoms with Crippen molar-refractivity contribution in [3.8, 4) is 17.4 Å². The van der Waals surface area contributed by atoms with Gasteiger partial charge >= 0.3 is 0 Å². The summed E-state index contributed by atoms with van der Waals surface area (Å²) < 4.78 is 5.94. The van der Waals surface area contributed by atoms with Crippen LogP contribution in [0.5, 0.6) is 0 Å². The van der Waals surface area contributed by atoms with Crippen molar-refractivity contribution in [2.24, 2.45) is 0 Å². The minimum Gasteiger partial charge on any atom is -0.439 e. The standard InChI is InChI=1S/C22H17ClN2O2/c1-2-3-13-25(21(26)17-7-5-4-6-8-17)22-18(15-24)14-20(27-22)16-9-11-19(23)12-10-16/h2,4-12,14H,1,3,13H2. The zero-order valence-electron chi connectivity index (χ0n) is 14.6. The molecule has 0 aliphatic rings. The van der Waals surface area contributed by atoms with Crippen LogP contribution in [0.2, 0.25) is 5.02 Å². The average Bonchev–Trinajstić information content (AvgIpc) is 3.13. The lowest BCUT2D eigenvalue weighted by atomic mass is 10.1. The maximum Gasteiger partial charge on any atom is 0.260 e. The van der Waals surface area contributed by atoms with Crippen LogP contribution in [-0.2, 0) is 0 Å². The molecule has 0 saturated heterocycles. The van der Waals surface area contributed by atoms with Gasteiger partial charge in [0.05, 0.1) is 0 Å². The lowest BCUT2D eigenvalue weighted by Gasteiger charge is -2.20. The van der Waals surface area contributed by atoms with Crippen LogP contribution in [0, 0.1) is 11.3 Å². The Balaban J connectivity index is 2.03. The number of nitrogens with zero attached hydrogens (tertiary/aromatic N) is 2. The maximum atomic E-state index is 13.0. The van der Waals surface area contributed by atoms with Crippen LogP contribution in [0.1, 0.15) is 22.3 Å². The molecule has 3 aromatic rings. The summed E-state index contributed by atoms with van der Waals surface area (Å²) in [5.74, 6) is 0.506. The molecule has 0 spiro atoms. The number of carbonyl (C=O) groups is 1. The SMILES string of the molecule is C=CCCN(C(=O)c1ccccc1)c1oc(-c2ccc(Cl)cc2)cc1C#N. The molecule has 0 bridgehead atoms. The van der Waals surface area contributed by atoms with Crippen molar-refractivity contribution in [2.45, 2.75) is 6.42 Å². The first kappa shape index (κ1) is 18.5. The molecule has 3 rings (SSSR count). The zero-order chi connectivity index (χ0) is 19.2. The van der Waals surface area contributed by atoms with Crippen LogP contribution in [-0.4, -0.2) is 12.5 Å². The number of halogens is 1. The van der Waals surface area contributed by atoms with E-state index in [0.29, 0.717) is 34.9 Å². The fourth-order valence-electron chi connectivity index (χ4n) is 2.67. The van der Waals surface area contributed by atoms with E-state index in [4.69, 9.17) is 16.0 Å². The number of hydrogen-bond acceptors (Lipinski definition) is 3. The number of rotatable bonds is 6. The fraction of sp³-hybridized carbons (Fsp3) is 0.0909. The summed E-state index contributed by atoms with van der Waals surface area (Å²) in [4.78, 5) is 14.5. The Morgan fingerprint density at radius 1 is 1.19 bits per heavy atom. The normalized spacial score (nSPS) is 10.2. The monoisotopic (exact) mass is 376 g/mol. The summed E-state index contributed by atoms with van der Waals surface area (Å²) in [5.41, 5.74) is 1.60. The largest absolute Gasteiger partial charge is 0.439 e. The van der Waals surface area contributed by atoms with Gasteiger partial charge in [-0.1, -0.05) is 35.9 Å². The highest BCUT2D eigenvalue weighted by Gasteiger charge is 2.24. The van der Waals surface area contributed by atoms with E-state index >= 15 is 0 Å². The summed E-state index contributed by atoms with van der Waals surface area (Å²) in [6.45, 7) is 4.08. The third-order valence-electron chi connectivity index (χ3n) is 4.03. The van der Waals surface area contributed by atoms with E-state index < -0.39 is 0 Å².